The van der Waals surface area contributed by atoms with Gasteiger partial charge in [-0.25, -0.2) is 0 Å². The molecule has 1 aromatic rings. The minimum Gasteiger partial charge on any atom is -0.497 e. The largest absolute Gasteiger partial charge is 0.497 e. The first kappa shape index (κ1) is 15.5. The van der Waals surface area contributed by atoms with Gasteiger partial charge in [0.15, 0.2) is 0 Å². The smallest absolute Gasteiger partial charge is 0.238 e. The maximum absolute atomic E-state index is 11.7. The number of carbonyl (C=O) groups excluding carboxylic acids is 1. The monoisotopic (exact) mass is 264 g/mol. The molecule has 0 bridgehead atoms. The zero-order chi connectivity index (χ0) is 14.4. The van der Waals surface area contributed by atoms with Gasteiger partial charge in [0.25, 0.3) is 0 Å². The number of benzene rings is 1. The lowest BCUT2D eigenvalue weighted by Crippen LogP contribution is -2.41. The maximum Gasteiger partial charge on any atom is 0.238 e. The molecular formula is C15H24N2O2. The number of hydrogen-bond donors (Lipinski definition) is 1. The third-order valence-electron chi connectivity index (χ3n) is 3.09. The van der Waals surface area contributed by atoms with E-state index in [2.05, 4.69) is 19.1 Å². The minimum atomic E-state index is -0.432. The Labute approximate surface area is 115 Å². The number of methoxy groups -OCH3 is 1. The fourth-order valence-corrected chi connectivity index (χ4v) is 2.13. The molecule has 1 amide bonds. The number of amides is 1. The molecule has 0 spiro atoms. The zero-order valence-corrected chi connectivity index (χ0v) is 12.2. The van der Waals surface area contributed by atoms with E-state index in [9.17, 15) is 4.79 Å². The van der Waals surface area contributed by atoms with Gasteiger partial charge in [-0.3, -0.25) is 4.79 Å². The molecule has 0 aliphatic heterocycles. The van der Waals surface area contributed by atoms with Crippen LogP contribution >= 0.6 is 0 Å². The van der Waals surface area contributed by atoms with Crippen LogP contribution in [0.1, 0.15) is 19.4 Å². The quantitative estimate of drug-likeness (QED) is 0.850. The highest BCUT2D eigenvalue weighted by Gasteiger charge is 2.15. The number of likely N-dealkylation sites (N-methyl/N-ethyl adjacent to an activating group) is 1. The fraction of sp³-hybridized carbons (Fsp3) is 0.533. The molecule has 0 saturated heterocycles. The molecule has 0 radical (unpaired) electrons. The predicted molar refractivity (Wildman–Crippen MR) is 77.1 cm³/mol. The Morgan fingerprint density at radius 2 is 1.89 bits per heavy atom. The van der Waals surface area contributed by atoms with Crippen molar-refractivity contribution in [3.63, 3.8) is 0 Å². The van der Waals surface area contributed by atoms with E-state index < -0.39 is 6.04 Å². The zero-order valence-electron chi connectivity index (χ0n) is 12.2. The second-order valence-corrected chi connectivity index (χ2v) is 5.16. The third kappa shape index (κ3) is 4.91. The van der Waals surface area contributed by atoms with E-state index in [1.165, 1.54) is 5.56 Å². The molecule has 4 heteroatoms. The standard InChI is InChI=1S/C15H24N2O2/c1-11(10-17(3)15(18)12(2)16)9-13-5-7-14(19-4)8-6-13/h5-8,11-12H,9-10,16H2,1-4H3/t11-,12+/m0/s1. The van der Waals surface area contributed by atoms with Gasteiger partial charge in [-0.05, 0) is 37.0 Å². The molecule has 0 aliphatic carbocycles. The van der Waals surface area contributed by atoms with E-state index >= 15 is 0 Å². The van der Waals surface area contributed by atoms with Crippen LogP contribution < -0.4 is 10.5 Å². The van der Waals surface area contributed by atoms with Gasteiger partial charge in [0.05, 0.1) is 13.2 Å². The lowest BCUT2D eigenvalue weighted by Gasteiger charge is -2.23. The molecule has 4 nitrogen and oxygen atoms in total. The number of rotatable bonds is 6. The Morgan fingerprint density at radius 1 is 1.32 bits per heavy atom. The molecule has 0 aliphatic rings. The van der Waals surface area contributed by atoms with E-state index in [-0.39, 0.29) is 5.91 Å². The Kier molecular flexibility index (Phi) is 5.83. The van der Waals surface area contributed by atoms with E-state index in [0.29, 0.717) is 12.5 Å². The third-order valence-corrected chi connectivity index (χ3v) is 3.09. The number of hydrogen-bond acceptors (Lipinski definition) is 3. The summed E-state index contributed by atoms with van der Waals surface area (Å²) in [6.45, 7) is 4.56. The van der Waals surface area contributed by atoms with E-state index in [1.807, 2.05) is 12.1 Å². The average molecular weight is 264 g/mol. The molecule has 0 fully saturated rings. The van der Waals surface area contributed by atoms with Crippen molar-refractivity contribution in [1.82, 2.24) is 4.90 Å². The van der Waals surface area contributed by atoms with Gasteiger partial charge in [-0.2, -0.15) is 0 Å². The first-order valence-corrected chi connectivity index (χ1v) is 6.57. The second-order valence-electron chi connectivity index (χ2n) is 5.16. The maximum atomic E-state index is 11.7. The SMILES string of the molecule is COc1ccc(C[C@H](C)CN(C)C(=O)[C@@H](C)N)cc1. The van der Waals surface area contributed by atoms with Crippen LogP contribution in [0.5, 0.6) is 5.75 Å². The van der Waals surface area contributed by atoms with Gasteiger partial charge in [-0.15, -0.1) is 0 Å². The number of ether oxygens (including phenoxy) is 1. The normalized spacial score (nSPS) is 13.7. The van der Waals surface area contributed by atoms with Gasteiger partial charge < -0.3 is 15.4 Å². The van der Waals surface area contributed by atoms with Gasteiger partial charge in [-0.1, -0.05) is 19.1 Å². The fourth-order valence-electron chi connectivity index (χ4n) is 2.13. The molecule has 1 rings (SSSR count). The van der Waals surface area contributed by atoms with Gasteiger partial charge in [0.1, 0.15) is 5.75 Å². The van der Waals surface area contributed by atoms with Gasteiger partial charge in [0.2, 0.25) is 5.91 Å². The first-order valence-electron chi connectivity index (χ1n) is 6.57. The molecule has 0 unspecified atom stereocenters. The average Bonchev–Trinajstić information content (AvgIpc) is 2.38. The van der Waals surface area contributed by atoms with Crippen molar-refractivity contribution < 1.29 is 9.53 Å². The number of carbonyl (C=O) groups is 1. The van der Waals surface area contributed by atoms with Crippen LogP contribution in [0.2, 0.25) is 0 Å². The van der Waals surface area contributed by atoms with Crippen molar-refractivity contribution in [3.05, 3.63) is 29.8 Å². The van der Waals surface area contributed by atoms with Crippen LogP contribution in [0, 0.1) is 5.92 Å². The van der Waals surface area contributed by atoms with Crippen LogP contribution in [0.25, 0.3) is 0 Å². The molecule has 106 valence electrons. The summed E-state index contributed by atoms with van der Waals surface area (Å²) in [5.74, 6) is 1.24. The Morgan fingerprint density at radius 3 is 2.37 bits per heavy atom. The van der Waals surface area contributed by atoms with Crippen LogP contribution in [0.15, 0.2) is 24.3 Å². The summed E-state index contributed by atoms with van der Waals surface area (Å²) < 4.78 is 5.13. The Balaban J connectivity index is 2.50. The second kappa shape index (κ2) is 7.14. The van der Waals surface area contributed by atoms with Crippen molar-refractivity contribution in [1.29, 1.82) is 0 Å². The lowest BCUT2D eigenvalue weighted by atomic mass is 10.0. The number of nitrogens with zero attached hydrogens (tertiary/aromatic N) is 1. The van der Waals surface area contributed by atoms with E-state index in [0.717, 1.165) is 12.2 Å². The molecule has 0 aromatic heterocycles. The molecule has 0 saturated carbocycles. The molecular weight excluding hydrogens is 240 g/mol. The molecule has 0 heterocycles. The summed E-state index contributed by atoms with van der Waals surface area (Å²) in [5.41, 5.74) is 6.84. The highest BCUT2D eigenvalue weighted by Crippen LogP contribution is 2.15. The lowest BCUT2D eigenvalue weighted by molar-refractivity contribution is -0.131. The van der Waals surface area contributed by atoms with Crippen molar-refractivity contribution in [2.75, 3.05) is 20.7 Å². The highest BCUT2D eigenvalue weighted by atomic mass is 16.5. The van der Waals surface area contributed by atoms with Crippen LogP contribution in [0.3, 0.4) is 0 Å². The summed E-state index contributed by atoms with van der Waals surface area (Å²) in [6.07, 6.45) is 0.931. The van der Waals surface area contributed by atoms with Crippen molar-refractivity contribution in [3.8, 4) is 5.75 Å². The van der Waals surface area contributed by atoms with Gasteiger partial charge in [0, 0.05) is 13.6 Å². The van der Waals surface area contributed by atoms with Crippen molar-refractivity contribution >= 4 is 5.91 Å². The predicted octanol–water partition coefficient (Wildman–Crippen LogP) is 1.68. The van der Waals surface area contributed by atoms with E-state index in [4.69, 9.17) is 10.5 Å². The van der Waals surface area contributed by atoms with Crippen LogP contribution in [-0.4, -0.2) is 37.6 Å². The van der Waals surface area contributed by atoms with Crippen molar-refractivity contribution in [2.24, 2.45) is 11.7 Å². The Hall–Kier alpha value is -1.55. The summed E-state index contributed by atoms with van der Waals surface area (Å²) in [4.78, 5) is 13.4. The Bertz CT molecular complexity index is 401. The summed E-state index contributed by atoms with van der Waals surface area (Å²) in [7, 11) is 3.46. The van der Waals surface area contributed by atoms with Crippen LogP contribution in [0.4, 0.5) is 0 Å². The van der Waals surface area contributed by atoms with Crippen LogP contribution in [-0.2, 0) is 11.2 Å². The summed E-state index contributed by atoms with van der Waals surface area (Å²) in [5, 5.41) is 0. The minimum absolute atomic E-state index is 0.0124. The summed E-state index contributed by atoms with van der Waals surface area (Å²) >= 11 is 0. The first-order chi connectivity index (χ1) is 8.93. The molecule has 1 aromatic carbocycles. The molecule has 19 heavy (non-hydrogen) atoms. The van der Waals surface area contributed by atoms with Crippen molar-refractivity contribution in [2.45, 2.75) is 26.3 Å². The van der Waals surface area contributed by atoms with E-state index in [1.54, 1.807) is 26.0 Å². The highest BCUT2D eigenvalue weighted by molar-refractivity contribution is 5.80. The molecule has 2 N–H and O–H groups in total. The topological polar surface area (TPSA) is 55.6 Å². The molecule has 2 atom stereocenters. The summed E-state index contributed by atoms with van der Waals surface area (Å²) in [6, 6.07) is 7.60. The number of nitrogens with two attached hydrogens (primary N) is 1. The van der Waals surface area contributed by atoms with Gasteiger partial charge >= 0.3 is 0 Å².